The van der Waals surface area contributed by atoms with Gasteiger partial charge in [0.25, 0.3) is 0 Å². The number of fused-ring (bicyclic) bond motifs is 1. The van der Waals surface area contributed by atoms with Crippen molar-refractivity contribution in [2.24, 2.45) is 0 Å². The maximum absolute atomic E-state index is 6.04. The van der Waals surface area contributed by atoms with Gasteiger partial charge in [-0.2, -0.15) is 5.10 Å². The molecule has 0 fully saturated rings. The van der Waals surface area contributed by atoms with Crippen LogP contribution in [0.3, 0.4) is 0 Å². The predicted octanol–water partition coefficient (Wildman–Crippen LogP) is 5.06. The lowest BCUT2D eigenvalue weighted by atomic mass is 10.1. The second-order valence-electron chi connectivity index (χ2n) is 7.26. The minimum atomic E-state index is 0.568. The molecule has 7 heteroatoms. The Balaban J connectivity index is 1.64. The molecule has 4 rings (SSSR count). The summed E-state index contributed by atoms with van der Waals surface area (Å²) >= 11 is 5.72. The summed E-state index contributed by atoms with van der Waals surface area (Å²) in [6.45, 7) is 7.89. The largest absolute Gasteiger partial charge is 0.461 e. The van der Waals surface area contributed by atoms with Crippen LogP contribution < -0.4 is 0 Å². The first-order valence-corrected chi connectivity index (χ1v) is 10.4. The van der Waals surface area contributed by atoms with Crippen molar-refractivity contribution < 1.29 is 4.42 Å². The van der Waals surface area contributed by atoms with Gasteiger partial charge in [0.05, 0.1) is 6.67 Å². The molecular weight excluding hydrogens is 394 g/mol. The fourth-order valence-corrected chi connectivity index (χ4v) is 3.95. The van der Waals surface area contributed by atoms with E-state index in [1.807, 2.05) is 45.7 Å². The number of aromatic nitrogens is 4. The predicted molar refractivity (Wildman–Crippen MR) is 122 cm³/mol. The molecule has 4 aromatic rings. The van der Waals surface area contributed by atoms with Crippen LogP contribution in [0.5, 0.6) is 0 Å². The fourth-order valence-electron chi connectivity index (χ4n) is 3.69. The van der Waals surface area contributed by atoms with Crippen LogP contribution in [0.4, 0.5) is 0 Å². The first-order chi connectivity index (χ1) is 14.6. The molecule has 0 aliphatic carbocycles. The third-order valence-electron chi connectivity index (χ3n) is 5.06. The van der Waals surface area contributed by atoms with E-state index in [4.69, 9.17) is 21.7 Å². The number of hydrogen-bond acceptors (Lipinski definition) is 5. The van der Waals surface area contributed by atoms with E-state index in [1.165, 1.54) is 5.56 Å². The van der Waals surface area contributed by atoms with Crippen LogP contribution in [-0.4, -0.2) is 31.3 Å². The van der Waals surface area contributed by atoms with Crippen molar-refractivity contribution in [1.29, 1.82) is 0 Å². The van der Waals surface area contributed by atoms with Crippen molar-refractivity contribution in [2.75, 3.05) is 7.05 Å². The Morgan fingerprint density at radius 2 is 2.07 bits per heavy atom. The summed E-state index contributed by atoms with van der Waals surface area (Å²) < 4.78 is 10.5. The molecular formula is C23H25N5OS. The van der Waals surface area contributed by atoms with Gasteiger partial charge in [-0.3, -0.25) is 14.5 Å². The van der Waals surface area contributed by atoms with Crippen molar-refractivity contribution in [3.63, 3.8) is 0 Å². The van der Waals surface area contributed by atoms with Gasteiger partial charge in [-0.25, -0.2) is 4.68 Å². The van der Waals surface area contributed by atoms with E-state index >= 15 is 0 Å². The summed E-state index contributed by atoms with van der Waals surface area (Å²) in [6.07, 6.45) is 6.24. The minimum absolute atomic E-state index is 0.568. The average Bonchev–Trinajstić information content (AvgIpc) is 3.27. The number of pyridine rings is 1. The van der Waals surface area contributed by atoms with Gasteiger partial charge in [0, 0.05) is 48.4 Å². The highest BCUT2D eigenvalue weighted by Crippen LogP contribution is 2.27. The van der Waals surface area contributed by atoms with Crippen LogP contribution in [0.2, 0.25) is 0 Å². The van der Waals surface area contributed by atoms with E-state index in [9.17, 15) is 0 Å². The highest BCUT2D eigenvalue weighted by molar-refractivity contribution is 7.71. The lowest BCUT2D eigenvalue weighted by Crippen LogP contribution is -2.23. The molecule has 6 nitrogen and oxygen atoms in total. The van der Waals surface area contributed by atoms with Crippen molar-refractivity contribution in [2.45, 2.75) is 33.1 Å². The summed E-state index contributed by atoms with van der Waals surface area (Å²) in [5.74, 6) is 1.82. The topological polar surface area (TPSA) is 52.0 Å². The van der Waals surface area contributed by atoms with E-state index < -0.39 is 0 Å². The monoisotopic (exact) mass is 419 g/mol. The first-order valence-electron chi connectivity index (χ1n) is 9.99. The maximum atomic E-state index is 6.04. The molecule has 0 spiro atoms. The van der Waals surface area contributed by atoms with E-state index in [2.05, 4.69) is 36.5 Å². The summed E-state index contributed by atoms with van der Waals surface area (Å²) in [5, 5.41) is 5.96. The van der Waals surface area contributed by atoms with Crippen LogP contribution in [0.15, 0.2) is 65.9 Å². The van der Waals surface area contributed by atoms with E-state index in [0.717, 1.165) is 41.1 Å². The van der Waals surface area contributed by atoms with Gasteiger partial charge < -0.3 is 4.42 Å². The van der Waals surface area contributed by atoms with Gasteiger partial charge >= 0.3 is 0 Å². The van der Waals surface area contributed by atoms with Crippen molar-refractivity contribution in [1.82, 2.24) is 24.2 Å². The molecule has 0 saturated heterocycles. The Labute approximate surface area is 181 Å². The fraction of sp³-hybridized carbons (Fsp3) is 0.261. The maximum Gasteiger partial charge on any atom is 0.199 e. The van der Waals surface area contributed by atoms with E-state index in [-0.39, 0.29) is 0 Å². The van der Waals surface area contributed by atoms with Crippen molar-refractivity contribution in [3.8, 4) is 11.4 Å². The molecule has 0 N–H and O–H groups in total. The van der Waals surface area contributed by atoms with Gasteiger partial charge in [-0.1, -0.05) is 31.2 Å². The molecule has 0 amide bonds. The normalized spacial score (nSPS) is 11.4. The number of nitrogens with zero attached hydrogens (tertiary/aromatic N) is 5. The summed E-state index contributed by atoms with van der Waals surface area (Å²) in [4.78, 5) is 6.42. The Kier molecular flexibility index (Phi) is 5.92. The molecule has 0 radical (unpaired) electrons. The van der Waals surface area contributed by atoms with E-state index in [0.29, 0.717) is 18.0 Å². The first kappa shape index (κ1) is 20.3. The summed E-state index contributed by atoms with van der Waals surface area (Å²) in [7, 11) is 2.07. The zero-order valence-electron chi connectivity index (χ0n) is 17.3. The lowest BCUT2D eigenvalue weighted by molar-refractivity contribution is 0.243. The third-order valence-corrected chi connectivity index (χ3v) is 5.49. The standard InChI is InChI=1S/C23H25N5OS/c1-4-13-27-22(17-9-8-12-24-14-17)25-28(23(27)30)16-26(3)15-19-18-10-6-7-11-21(18)29-20(19)5-2/h4,6-12,14H,1,5,13,15-16H2,2-3H3. The second kappa shape index (κ2) is 8.77. The van der Waals surface area contributed by atoms with Gasteiger partial charge in [0.1, 0.15) is 11.3 Å². The zero-order valence-corrected chi connectivity index (χ0v) is 18.1. The molecule has 0 saturated carbocycles. The number of allylic oxidation sites excluding steroid dienone is 1. The lowest BCUT2D eigenvalue weighted by Gasteiger charge is -2.16. The molecule has 0 aliphatic rings. The number of rotatable bonds is 8. The van der Waals surface area contributed by atoms with Crippen LogP contribution >= 0.6 is 12.2 Å². The molecule has 3 heterocycles. The molecule has 3 aromatic heterocycles. The van der Waals surface area contributed by atoms with Crippen LogP contribution in [0, 0.1) is 4.77 Å². The highest BCUT2D eigenvalue weighted by Gasteiger charge is 2.17. The Bertz CT molecular complexity index is 1220. The number of hydrogen-bond donors (Lipinski definition) is 0. The minimum Gasteiger partial charge on any atom is -0.461 e. The number of furan rings is 1. The van der Waals surface area contributed by atoms with E-state index in [1.54, 1.807) is 12.4 Å². The molecule has 0 unspecified atom stereocenters. The Hall–Kier alpha value is -3.03. The van der Waals surface area contributed by atoms with Gasteiger partial charge in [-0.15, -0.1) is 6.58 Å². The van der Waals surface area contributed by atoms with Crippen molar-refractivity contribution in [3.05, 3.63) is 77.5 Å². The van der Waals surface area contributed by atoms with Crippen LogP contribution in [-0.2, 0) is 26.2 Å². The molecule has 154 valence electrons. The average molecular weight is 420 g/mol. The smallest absolute Gasteiger partial charge is 0.199 e. The zero-order chi connectivity index (χ0) is 21.1. The van der Waals surface area contributed by atoms with Crippen LogP contribution in [0.1, 0.15) is 18.2 Å². The number of aryl methyl sites for hydroxylation is 1. The molecule has 30 heavy (non-hydrogen) atoms. The quantitative estimate of drug-likeness (QED) is 0.295. The summed E-state index contributed by atoms with van der Waals surface area (Å²) in [6, 6.07) is 12.1. The molecule has 0 bridgehead atoms. The van der Waals surface area contributed by atoms with Crippen LogP contribution in [0.25, 0.3) is 22.4 Å². The summed E-state index contributed by atoms with van der Waals surface area (Å²) in [5.41, 5.74) is 3.09. The molecule has 0 atom stereocenters. The van der Waals surface area contributed by atoms with Gasteiger partial charge in [0.15, 0.2) is 10.6 Å². The molecule has 1 aromatic carbocycles. The third kappa shape index (κ3) is 3.86. The molecule has 0 aliphatic heterocycles. The Morgan fingerprint density at radius 1 is 1.23 bits per heavy atom. The highest BCUT2D eigenvalue weighted by atomic mass is 32.1. The second-order valence-corrected chi connectivity index (χ2v) is 7.62. The Morgan fingerprint density at radius 3 is 2.80 bits per heavy atom. The van der Waals surface area contributed by atoms with Crippen molar-refractivity contribution >= 4 is 23.2 Å². The SMILES string of the molecule is C=CCn1c(-c2cccnc2)nn(CN(C)Cc2c(CC)oc3ccccc23)c1=S. The number of para-hydroxylation sites is 1. The van der Waals surface area contributed by atoms with Gasteiger partial charge in [-0.05, 0) is 37.5 Å². The number of benzene rings is 1. The van der Waals surface area contributed by atoms with Gasteiger partial charge in [0.2, 0.25) is 0 Å².